The van der Waals surface area contributed by atoms with E-state index in [1.807, 2.05) is 0 Å². The van der Waals surface area contributed by atoms with Crippen molar-refractivity contribution in [2.45, 2.75) is 4.90 Å². The standard InChI is InChI=1S/C53H39NS/c1-55(2,3)38-29-31-48-45(33-38)40-23-11-10-22-39(40)41-24-12-13-27-47(41)54(48)37-28-30-42-46(32-37)51(36-18-8-5-9-19-36)53-44-26-15-21-34-20-14-25-43(49(34)44)52(53)50(42)35-16-6-4-7-17-35/h4-33H,1-3H3. The minimum atomic E-state index is -0.960. The first-order valence-corrected chi connectivity index (χ1v) is 21.9. The molecule has 0 bridgehead atoms. The van der Waals surface area contributed by atoms with Crippen LogP contribution in [0.15, 0.2) is 187 Å². The second kappa shape index (κ2) is 12.1. The van der Waals surface area contributed by atoms with E-state index in [4.69, 9.17) is 0 Å². The van der Waals surface area contributed by atoms with Gasteiger partial charge in [-0.2, -0.15) is 0 Å². The molecule has 0 aromatic heterocycles. The van der Waals surface area contributed by atoms with E-state index < -0.39 is 10.0 Å². The highest BCUT2D eigenvalue weighted by molar-refractivity contribution is 8.32. The van der Waals surface area contributed by atoms with Gasteiger partial charge < -0.3 is 4.90 Å². The van der Waals surface area contributed by atoms with Crippen LogP contribution in [0.2, 0.25) is 0 Å². The molecule has 1 aliphatic heterocycles. The van der Waals surface area contributed by atoms with Crippen LogP contribution in [-0.4, -0.2) is 18.8 Å². The van der Waals surface area contributed by atoms with Crippen molar-refractivity contribution < 1.29 is 0 Å². The topological polar surface area (TPSA) is 3.24 Å². The second-order valence-electron chi connectivity index (χ2n) is 15.6. The lowest BCUT2D eigenvalue weighted by Gasteiger charge is -2.31. The van der Waals surface area contributed by atoms with E-state index in [1.54, 1.807) is 0 Å². The third-order valence-corrected chi connectivity index (χ3v) is 13.4. The molecule has 9 aromatic rings. The fourth-order valence-electron chi connectivity index (χ4n) is 9.29. The highest BCUT2D eigenvalue weighted by Crippen LogP contribution is 2.59. The molecule has 0 fully saturated rings. The Kier molecular flexibility index (Phi) is 7.05. The number of anilines is 3. The zero-order valence-corrected chi connectivity index (χ0v) is 32.0. The molecule has 0 spiro atoms. The van der Waals surface area contributed by atoms with Crippen molar-refractivity contribution in [1.29, 1.82) is 0 Å². The van der Waals surface area contributed by atoms with Crippen molar-refractivity contribution in [3.63, 3.8) is 0 Å². The van der Waals surface area contributed by atoms with Crippen LogP contribution in [0.1, 0.15) is 0 Å². The molecule has 1 nitrogen and oxygen atoms in total. The number of para-hydroxylation sites is 1. The molecule has 55 heavy (non-hydrogen) atoms. The predicted octanol–water partition coefficient (Wildman–Crippen LogP) is 15.1. The van der Waals surface area contributed by atoms with Gasteiger partial charge in [-0.3, -0.25) is 0 Å². The Morgan fingerprint density at radius 3 is 1.53 bits per heavy atom. The third-order valence-electron chi connectivity index (χ3n) is 11.7. The van der Waals surface area contributed by atoms with Crippen molar-refractivity contribution >= 4 is 48.6 Å². The third kappa shape index (κ3) is 4.81. The lowest BCUT2D eigenvalue weighted by Crippen LogP contribution is -2.11. The molecule has 0 amide bonds. The Labute approximate surface area is 324 Å². The van der Waals surface area contributed by atoms with Gasteiger partial charge in [-0.25, -0.2) is 10.0 Å². The summed E-state index contributed by atoms with van der Waals surface area (Å²) in [4.78, 5) is 3.93. The number of nitrogens with zero attached hydrogens (tertiary/aromatic N) is 1. The summed E-state index contributed by atoms with van der Waals surface area (Å²) in [5.41, 5.74) is 18.9. The Bertz CT molecular complexity index is 3000. The zero-order valence-electron chi connectivity index (χ0n) is 31.2. The van der Waals surface area contributed by atoms with Crippen LogP contribution in [0, 0.1) is 0 Å². The molecular weight excluding hydrogens is 683 g/mol. The van der Waals surface area contributed by atoms with Crippen molar-refractivity contribution in [3.05, 3.63) is 182 Å². The molecule has 1 aliphatic carbocycles. The molecule has 0 atom stereocenters. The number of hydrogen-bond acceptors (Lipinski definition) is 1. The maximum atomic E-state index is 2.52. The minimum Gasteiger partial charge on any atom is -0.309 e. The van der Waals surface area contributed by atoms with E-state index in [9.17, 15) is 0 Å². The Hall–Kier alpha value is -6.35. The van der Waals surface area contributed by atoms with Gasteiger partial charge in [-0.05, 0) is 137 Å². The molecular formula is C53H39NS. The zero-order chi connectivity index (χ0) is 36.8. The van der Waals surface area contributed by atoms with Crippen LogP contribution < -0.4 is 4.90 Å². The van der Waals surface area contributed by atoms with Crippen LogP contribution in [-0.2, 0) is 0 Å². The van der Waals surface area contributed by atoms with Crippen LogP contribution >= 0.6 is 10.0 Å². The van der Waals surface area contributed by atoms with Gasteiger partial charge >= 0.3 is 0 Å². The van der Waals surface area contributed by atoms with Gasteiger partial charge in [0.1, 0.15) is 0 Å². The van der Waals surface area contributed by atoms with Gasteiger partial charge in [0.25, 0.3) is 0 Å². The van der Waals surface area contributed by atoms with Crippen molar-refractivity contribution in [1.82, 2.24) is 0 Å². The normalized spacial score (nSPS) is 12.9. The maximum absolute atomic E-state index is 2.52. The Balaban J connectivity index is 1.28. The smallest absolute Gasteiger partial charge is 0.0541 e. The summed E-state index contributed by atoms with van der Waals surface area (Å²) in [5.74, 6) is 0. The lowest BCUT2D eigenvalue weighted by molar-refractivity contribution is 1.28. The van der Waals surface area contributed by atoms with Gasteiger partial charge in [-0.15, -0.1) is 0 Å². The summed E-state index contributed by atoms with van der Waals surface area (Å²) in [6.45, 7) is 0. The van der Waals surface area contributed by atoms with Gasteiger partial charge in [0, 0.05) is 16.8 Å². The van der Waals surface area contributed by atoms with E-state index in [1.165, 1.54) is 105 Å². The Morgan fingerprint density at radius 2 is 0.891 bits per heavy atom. The molecule has 2 heteroatoms. The van der Waals surface area contributed by atoms with E-state index >= 15 is 0 Å². The fourth-order valence-corrected chi connectivity index (χ4v) is 10.2. The molecule has 0 unspecified atom stereocenters. The summed E-state index contributed by atoms with van der Waals surface area (Å²) < 4.78 is 0. The van der Waals surface area contributed by atoms with Gasteiger partial charge in [0.15, 0.2) is 0 Å². The molecule has 9 aromatic carbocycles. The Morgan fingerprint density at radius 1 is 0.364 bits per heavy atom. The van der Waals surface area contributed by atoms with E-state index in [0.29, 0.717) is 0 Å². The fraction of sp³-hybridized carbons (Fsp3) is 0.0566. The number of hydrogen-bond donors (Lipinski definition) is 0. The van der Waals surface area contributed by atoms with Crippen molar-refractivity contribution in [2.75, 3.05) is 23.7 Å². The molecule has 0 radical (unpaired) electrons. The second-order valence-corrected chi connectivity index (χ2v) is 19.7. The molecule has 262 valence electrons. The summed E-state index contributed by atoms with van der Waals surface area (Å²) in [7, 11) is -0.960. The van der Waals surface area contributed by atoms with Gasteiger partial charge in [-0.1, -0.05) is 146 Å². The summed E-state index contributed by atoms with van der Waals surface area (Å²) in [5, 5.41) is 5.14. The van der Waals surface area contributed by atoms with Gasteiger partial charge in [0.2, 0.25) is 0 Å². The quantitative estimate of drug-likeness (QED) is 0.175. The highest BCUT2D eigenvalue weighted by atomic mass is 32.3. The first kappa shape index (κ1) is 32.1. The molecule has 0 saturated heterocycles. The SMILES string of the molecule is CS(C)(C)c1ccc2c(c1)-c1ccccc1-c1ccccc1N2c1ccc2c(-c3ccccc3)c3c(c(-c4ccccc4)c2c1)-c1cccc2cccc-3c12. The van der Waals surface area contributed by atoms with Crippen LogP contribution in [0.4, 0.5) is 17.1 Å². The average molecular weight is 722 g/mol. The van der Waals surface area contributed by atoms with Crippen LogP contribution in [0.3, 0.4) is 0 Å². The summed E-state index contributed by atoms with van der Waals surface area (Å²) >= 11 is 0. The molecule has 0 N–H and O–H groups in total. The largest absolute Gasteiger partial charge is 0.309 e. The molecule has 1 heterocycles. The average Bonchev–Trinajstić information content (AvgIpc) is 3.49. The monoisotopic (exact) mass is 721 g/mol. The lowest BCUT2D eigenvalue weighted by atomic mass is 9.82. The summed E-state index contributed by atoms with van der Waals surface area (Å²) in [6, 6.07) is 68.1. The first-order valence-electron chi connectivity index (χ1n) is 19.0. The van der Waals surface area contributed by atoms with E-state index in [-0.39, 0.29) is 0 Å². The van der Waals surface area contributed by atoms with Crippen molar-refractivity contribution in [2.24, 2.45) is 0 Å². The molecule has 0 saturated carbocycles. The summed E-state index contributed by atoms with van der Waals surface area (Å²) in [6.07, 6.45) is 7.17. The van der Waals surface area contributed by atoms with Crippen LogP contribution in [0.25, 0.3) is 88.3 Å². The van der Waals surface area contributed by atoms with Crippen LogP contribution in [0.5, 0.6) is 0 Å². The highest BCUT2D eigenvalue weighted by Gasteiger charge is 2.32. The predicted molar refractivity (Wildman–Crippen MR) is 239 cm³/mol. The molecule has 11 rings (SSSR count). The van der Waals surface area contributed by atoms with Gasteiger partial charge in [0.05, 0.1) is 11.4 Å². The maximum Gasteiger partial charge on any atom is 0.0541 e. The molecule has 2 aliphatic rings. The van der Waals surface area contributed by atoms with Crippen molar-refractivity contribution in [3.8, 4) is 66.8 Å². The number of rotatable bonds is 4. The minimum absolute atomic E-state index is 0.960. The number of benzene rings is 9. The van der Waals surface area contributed by atoms with E-state index in [2.05, 4.69) is 206 Å². The van der Waals surface area contributed by atoms with E-state index in [0.717, 1.165) is 5.69 Å². The number of fused-ring (bicyclic) bond motifs is 9. The first-order chi connectivity index (χ1) is 27.0.